The van der Waals surface area contributed by atoms with E-state index < -0.39 is 12.1 Å². The van der Waals surface area contributed by atoms with Gasteiger partial charge in [0.2, 0.25) is 0 Å². The van der Waals surface area contributed by atoms with Gasteiger partial charge in [0.1, 0.15) is 6.17 Å². The standard InChI is InChI=1S/C9H17F2N.C9H18FN/c1-8(2,3)12-6-4-9(10,11)5-7-12;1-9(2,3)11-6-4-8(10)5-7-11/h4-7H2,1-3H3;8H,4-7H2,1-3H3. The molecular formula is C18H35F3N2. The maximum Gasteiger partial charge on any atom is 0.250 e. The maximum atomic E-state index is 12.7. The van der Waals surface area contributed by atoms with Gasteiger partial charge in [-0.15, -0.1) is 0 Å². The number of likely N-dealkylation sites (tertiary alicyclic amines) is 2. The Labute approximate surface area is 140 Å². The van der Waals surface area contributed by atoms with Crippen LogP contribution < -0.4 is 0 Å². The number of hydrogen-bond donors (Lipinski definition) is 0. The fourth-order valence-electron chi connectivity index (χ4n) is 3.02. The molecule has 2 rings (SSSR count). The van der Waals surface area contributed by atoms with Crippen LogP contribution in [0.25, 0.3) is 0 Å². The van der Waals surface area contributed by atoms with E-state index in [4.69, 9.17) is 0 Å². The van der Waals surface area contributed by atoms with Crippen LogP contribution in [0.4, 0.5) is 13.2 Å². The van der Waals surface area contributed by atoms with Crippen molar-refractivity contribution < 1.29 is 13.2 Å². The molecule has 2 nitrogen and oxygen atoms in total. The van der Waals surface area contributed by atoms with Crippen LogP contribution >= 0.6 is 0 Å². The number of nitrogens with zero attached hydrogens (tertiary/aromatic N) is 2. The van der Waals surface area contributed by atoms with Crippen molar-refractivity contribution in [2.45, 2.75) is 90.4 Å². The molecule has 0 N–H and O–H groups in total. The van der Waals surface area contributed by atoms with E-state index in [1.54, 1.807) is 0 Å². The topological polar surface area (TPSA) is 6.48 Å². The number of hydrogen-bond acceptors (Lipinski definition) is 2. The largest absolute Gasteiger partial charge is 0.298 e. The molecule has 0 spiro atoms. The number of rotatable bonds is 0. The van der Waals surface area contributed by atoms with Gasteiger partial charge in [-0.25, -0.2) is 13.2 Å². The fraction of sp³-hybridized carbons (Fsp3) is 1.00. The molecule has 138 valence electrons. The van der Waals surface area contributed by atoms with Gasteiger partial charge in [0, 0.05) is 50.1 Å². The molecule has 0 bridgehead atoms. The van der Waals surface area contributed by atoms with E-state index in [-0.39, 0.29) is 23.9 Å². The zero-order valence-corrected chi connectivity index (χ0v) is 15.8. The summed E-state index contributed by atoms with van der Waals surface area (Å²) in [7, 11) is 0. The second-order valence-corrected chi connectivity index (χ2v) is 8.85. The van der Waals surface area contributed by atoms with Gasteiger partial charge in [-0.05, 0) is 54.4 Å². The lowest BCUT2D eigenvalue weighted by Crippen LogP contribution is -2.48. The first-order valence-electron chi connectivity index (χ1n) is 8.83. The molecule has 23 heavy (non-hydrogen) atoms. The average molecular weight is 336 g/mol. The number of alkyl halides is 3. The smallest absolute Gasteiger partial charge is 0.250 e. The molecule has 0 aromatic carbocycles. The molecular weight excluding hydrogens is 301 g/mol. The van der Waals surface area contributed by atoms with Crippen molar-refractivity contribution in [3.05, 3.63) is 0 Å². The second kappa shape index (κ2) is 7.73. The van der Waals surface area contributed by atoms with E-state index in [1.165, 1.54) is 0 Å². The first kappa shape index (κ1) is 20.8. The van der Waals surface area contributed by atoms with E-state index in [9.17, 15) is 13.2 Å². The van der Waals surface area contributed by atoms with Crippen molar-refractivity contribution >= 4 is 0 Å². The summed E-state index contributed by atoms with van der Waals surface area (Å²) in [6.07, 6.45) is 0.928. The van der Waals surface area contributed by atoms with Gasteiger partial charge in [-0.1, -0.05) is 0 Å². The molecule has 0 atom stereocenters. The van der Waals surface area contributed by atoms with Gasteiger partial charge in [0.15, 0.2) is 0 Å². The van der Waals surface area contributed by atoms with Crippen molar-refractivity contribution in [1.29, 1.82) is 0 Å². The fourth-order valence-corrected chi connectivity index (χ4v) is 3.02. The van der Waals surface area contributed by atoms with Crippen molar-refractivity contribution in [3.63, 3.8) is 0 Å². The summed E-state index contributed by atoms with van der Waals surface area (Å²) in [4.78, 5) is 4.47. The molecule has 0 saturated carbocycles. The normalized spacial score (nSPS) is 24.9. The van der Waals surface area contributed by atoms with Crippen LogP contribution in [-0.2, 0) is 0 Å². The Morgan fingerprint density at radius 2 is 1.09 bits per heavy atom. The van der Waals surface area contributed by atoms with Crippen LogP contribution in [0.15, 0.2) is 0 Å². The molecule has 0 radical (unpaired) electrons. The van der Waals surface area contributed by atoms with Crippen LogP contribution in [0.2, 0.25) is 0 Å². The molecule has 2 heterocycles. The second-order valence-electron chi connectivity index (χ2n) is 8.85. The molecule has 2 aliphatic rings. The third-order valence-corrected chi connectivity index (χ3v) is 4.82. The molecule has 0 aromatic rings. The molecule has 5 heteroatoms. The van der Waals surface area contributed by atoms with Crippen LogP contribution in [0.3, 0.4) is 0 Å². The lowest BCUT2D eigenvalue weighted by Gasteiger charge is -2.40. The summed E-state index contributed by atoms with van der Waals surface area (Å²) in [5.41, 5.74) is 0.261. The Kier molecular flexibility index (Phi) is 6.97. The lowest BCUT2D eigenvalue weighted by atomic mass is 9.99. The van der Waals surface area contributed by atoms with Crippen LogP contribution in [0, 0.1) is 0 Å². The van der Waals surface area contributed by atoms with Gasteiger partial charge in [-0.2, -0.15) is 0 Å². The van der Waals surface area contributed by atoms with E-state index in [2.05, 4.69) is 51.3 Å². The van der Waals surface area contributed by atoms with Gasteiger partial charge in [-0.3, -0.25) is 9.80 Å². The van der Waals surface area contributed by atoms with E-state index >= 15 is 0 Å². The highest BCUT2D eigenvalue weighted by atomic mass is 19.3. The predicted octanol–water partition coefficient (Wildman–Crippen LogP) is 4.73. The van der Waals surface area contributed by atoms with Crippen LogP contribution in [0.5, 0.6) is 0 Å². The van der Waals surface area contributed by atoms with E-state index in [1.807, 2.05) is 0 Å². The van der Waals surface area contributed by atoms with Crippen molar-refractivity contribution in [2.24, 2.45) is 0 Å². The quantitative estimate of drug-likeness (QED) is 0.631. The zero-order chi connectivity index (χ0) is 17.9. The zero-order valence-electron chi connectivity index (χ0n) is 15.8. The van der Waals surface area contributed by atoms with Crippen LogP contribution in [-0.4, -0.2) is 59.2 Å². The average Bonchev–Trinajstić information content (AvgIpc) is 2.37. The monoisotopic (exact) mass is 336 g/mol. The maximum absolute atomic E-state index is 12.7. The minimum Gasteiger partial charge on any atom is -0.298 e. The number of piperidine rings is 2. The summed E-state index contributed by atoms with van der Waals surface area (Å²) in [6.45, 7) is 15.6. The number of halogens is 3. The van der Waals surface area contributed by atoms with Crippen molar-refractivity contribution in [1.82, 2.24) is 9.80 Å². The molecule has 0 aliphatic carbocycles. The van der Waals surface area contributed by atoms with E-state index in [0.29, 0.717) is 13.1 Å². The molecule has 2 fully saturated rings. The summed E-state index contributed by atoms with van der Waals surface area (Å²) >= 11 is 0. The van der Waals surface area contributed by atoms with Crippen molar-refractivity contribution in [2.75, 3.05) is 26.2 Å². The SMILES string of the molecule is CC(C)(C)N1CCC(F)(F)CC1.CC(C)(C)N1CCC(F)CC1. The minimum absolute atomic E-state index is 0.0181. The Balaban J connectivity index is 0.000000231. The Morgan fingerprint density at radius 1 is 0.739 bits per heavy atom. The Morgan fingerprint density at radius 3 is 1.43 bits per heavy atom. The summed E-state index contributed by atoms with van der Waals surface area (Å²) < 4.78 is 38.2. The Bertz CT molecular complexity index is 340. The predicted molar refractivity (Wildman–Crippen MR) is 91.0 cm³/mol. The summed E-state index contributed by atoms with van der Waals surface area (Å²) in [6, 6.07) is 0. The van der Waals surface area contributed by atoms with Crippen LogP contribution in [0.1, 0.15) is 67.2 Å². The Hall–Kier alpha value is -0.290. The summed E-state index contributed by atoms with van der Waals surface area (Å²) in [5, 5.41) is 0. The third-order valence-electron chi connectivity index (χ3n) is 4.82. The summed E-state index contributed by atoms with van der Waals surface area (Å²) in [5.74, 6) is -2.41. The van der Waals surface area contributed by atoms with Crippen molar-refractivity contribution in [3.8, 4) is 0 Å². The first-order chi connectivity index (χ1) is 10.3. The lowest BCUT2D eigenvalue weighted by molar-refractivity contribution is -0.0712. The minimum atomic E-state index is -2.41. The molecule has 0 unspecified atom stereocenters. The van der Waals surface area contributed by atoms with E-state index in [0.717, 1.165) is 25.9 Å². The van der Waals surface area contributed by atoms with Gasteiger partial charge in [0.05, 0.1) is 0 Å². The molecule has 2 aliphatic heterocycles. The van der Waals surface area contributed by atoms with Gasteiger partial charge >= 0.3 is 0 Å². The third kappa shape index (κ3) is 7.42. The van der Waals surface area contributed by atoms with Gasteiger partial charge < -0.3 is 0 Å². The highest BCUT2D eigenvalue weighted by molar-refractivity contribution is 4.84. The van der Waals surface area contributed by atoms with Gasteiger partial charge in [0.25, 0.3) is 5.92 Å². The first-order valence-corrected chi connectivity index (χ1v) is 8.83. The highest BCUT2D eigenvalue weighted by Gasteiger charge is 2.37. The molecule has 0 amide bonds. The molecule has 0 aromatic heterocycles. The highest BCUT2D eigenvalue weighted by Crippen LogP contribution is 2.30. The molecule has 2 saturated heterocycles.